The number of hydrogen-bond acceptors (Lipinski definition) is 4. The van der Waals surface area contributed by atoms with Crippen molar-refractivity contribution in [1.29, 1.82) is 5.26 Å². The van der Waals surface area contributed by atoms with Crippen molar-refractivity contribution in [3.8, 4) is 6.07 Å². The molecule has 0 saturated heterocycles. The molecule has 0 unspecified atom stereocenters. The van der Waals surface area contributed by atoms with Gasteiger partial charge in [-0.1, -0.05) is 28.1 Å². The van der Waals surface area contributed by atoms with Crippen LogP contribution in [0.1, 0.15) is 11.1 Å². The zero-order chi connectivity index (χ0) is 15.5. The number of benzene rings is 2. The average molecular weight is 366 g/mol. The van der Waals surface area contributed by atoms with Gasteiger partial charge in [0.15, 0.2) is 0 Å². The highest BCUT2D eigenvalue weighted by Crippen LogP contribution is 2.20. The molecule has 3 N–H and O–H groups in total. The number of nitriles is 1. The monoisotopic (exact) mass is 365 g/mol. The molecule has 0 heterocycles. The van der Waals surface area contributed by atoms with Crippen molar-refractivity contribution in [3.63, 3.8) is 0 Å². The zero-order valence-electron chi connectivity index (χ0n) is 10.9. The first-order chi connectivity index (χ1) is 9.90. The number of hydrogen-bond donors (Lipinski definition) is 2. The zero-order valence-corrected chi connectivity index (χ0v) is 13.3. The van der Waals surface area contributed by atoms with E-state index in [1.807, 2.05) is 30.3 Å². The van der Waals surface area contributed by atoms with Gasteiger partial charge in [-0.05, 0) is 35.9 Å². The van der Waals surface area contributed by atoms with Crippen LogP contribution in [-0.2, 0) is 16.6 Å². The topological polar surface area (TPSA) is 96.0 Å². The molecule has 0 radical (unpaired) electrons. The Labute approximate surface area is 131 Å². The molecule has 2 aromatic carbocycles. The molecule has 0 saturated carbocycles. The third-order valence-electron chi connectivity index (χ3n) is 2.84. The number of primary sulfonamides is 1. The summed E-state index contributed by atoms with van der Waals surface area (Å²) in [6, 6.07) is 13.9. The molecule has 0 spiro atoms. The highest BCUT2D eigenvalue weighted by atomic mass is 79.9. The first-order valence-electron chi connectivity index (χ1n) is 5.95. The van der Waals surface area contributed by atoms with Crippen molar-refractivity contribution in [3.05, 3.63) is 58.1 Å². The maximum atomic E-state index is 11.3. The molecule has 21 heavy (non-hydrogen) atoms. The predicted octanol–water partition coefficient (Wildman–Crippen LogP) is 2.58. The molecule has 0 aliphatic carbocycles. The van der Waals surface area contributed by atoms with Crippen molar-refractivity contribution in [2.75, 3.05) is 5.32 Å². The number of nitrogens with zero attached hydrogens (tertiary/aromatic N) is 1. The van der Waals surface area contributed by atoms with E-state index >= 15 is 0 Å². The van der Waals surface area contributed by atoms with E-state index in [0.29, 0.717) is 12.2 Å². The fraction of sp³-hybridized carbons (Fsp3) is 0.0714. The second kappa shape index (κ2) is 6.26. The van der Waals surface area contributed by atoms with Gasteiger partial charge in [-0.3, -0.25) is 0 Å². The number of nitrogens with one attached hydrogen (secondary N) is 1. The number of nitrogens with two attached hydrogens (primary N) is 1. The van der Waals surface area contributed by atoms with E-state index in [1.165, 1.54) is 18.2 Å². The summed E-state index contributed by atoms with van der Waals surface area (Å²) >= 11 is 3.36. The summed E-state index contributed by atoms with van der Waals surface area (Å²) in [6.07, 6.45) is 0. The Hall–Kier alpha value is -1.88. The van der Waals surface area contributed by atoms with Gasteiger partial charge in [-0.15, -0.1) is 0 Å². The van der Waals surface area contributed by atoms with E-state index in [4.69, 9.17) is 10.4 Å². The number of halogens is 1. The minimum Gasteiger partial charge on any atom is -0.380 e. The summed E-state index contributed by atoms with van der Waals surface area (Å²) < 4.78 is 23.5. The van der Waals surface area contributed by atoms with Gasteiger partial charge in [0.1, 0.15) is 6.07 Å². The maximum absolute atomic E-state index is 11.3. The summed E-state index contributed by atoms with van der Waals surface area (Å²) in [5, 5.41) is 17.3. The molecule has 0 atom stereocenters. The quantitative estimate of drug-likeness (QED) is 0.869. The Balaban J connectivity index is 2.21. The highest BCUT2D eigenvalue weighted by Gasteiger charge is 2.11. The van der Waals surface area contributed by atoms with Crippen molar-refractivity contribution >= 4 is 31.6 Å². The van der Waals surface area contributed by atoms with Crippen LogP contribution in [0.25, 0.3) is 0 Å². The summed E-state index contributed by atoms with van der Waals surface area (Å²) in [5.41, 5.74) is 1.84. The standard InChI is InChI=1S/C14H12BrN3O2S/c15-12-3-1-10(2-4-12)9-18-14-6-5-13(21(17,19)20)7-11(14)8-16/h1-7,18H,9H2,(H2,17,19,20). The van der Waals surface area contributed by atoms with Crippen LogP contribution in [0.5, 0.6) is 0 Å². The van der Waals surface area contributed by atoms with Crippen molar-refractivity contribution < 1.29 is 8.42 Å². The summed E-state index contributed by atoms with van der Waals surface area (Å²) in [5.74, 6) is 0. The molecular formula is C14H12BrN3O2S. The fourth-order valence-corrected chi connectivity index (χ4v) is 2.55. The van der Waals surface area contributed by atoms with Gasteiger partial charge in [-0.2, -0.15) is 5.26 Å². The molecule has 0 amide bonds. The largest absolute Gasteiger partial charge is 0.380 e. The van der Waals surface area contributed by atoms with Crippen molar-refractivity contribution in [2.24, 2.45) is 5.14 Å². The van der Waals surface area contributed by atoms with E-state index in [-0.39, 0.29) is 10.5 Å². The Morgan fingerprint density at radius 2 is 1.86 bits per heavy atom. The normalized spacial score (nSPS) is 10.9. The predicted molar refractivity (Wildman–Crippen MR) is 84.0 cm³/mol. The number of anilines is 1. The SMILES string of the molecule is N#Cc1cc(S(N)(=O)=O)ccc1NCc1ccc(Br)cc1. The van der Waals surface area contributed by atoms with E-state index < -0.39 is 10.0 Å². The Morgan fingerprint density at radius 1 is 1.19 bits per heavy atom. The van der Waals surface area contributed by atoms with Crippen LogP contribution in [0, 0.1) is 11.3 Å². The van der Waals surface area contributed by atoms with Gasteiger partial charge in [0.05, 0.1) is 16.1 Å². The van der Waals surface area contributed by atoms with Gasteiger partial charge < -0.3 is 5.32 Å². The molecular weight excluding hydrogens is 354 g/mol. The van der Waals surface area contributed by atoms with E-state index in [1.54, 1.807) is 0 Å². The van der Waals surface area contributed by atoms with E-state index in [9.17, 15) is 8.42 Å². The summed E-state index contributed by atoms with van der Waals surface area (Å²) in [6.45, 7) is 0.524. The first-order valence-corrected chi connectivity index (χ1v) is 8.29. The lowest BCUT2D eigenvalue weighted by Crippen LogP contribution is -2.12. The van der Waals surface area contributed by atoms with Gasteiger partial charge in [0, 0.05) is 11.0 Å². The lowest BCUT2D eigenvalue weighted by Gasteiger charge is -2.09. The van der Waals surface area contributed by atoms with E-state index in [0.717, 1.165) is 10.0 Å². The number of rotatable bonds is 4. The van der Waals surface area contributed by atoms with Crippen LogP contribution < -0.4 is 10.5 Å². The minimum absolute atomic E-state index is 0.0757. The molecule has 0 aliphatic rings. The molecule has 2 rings (SSSR count). The van der Waals surface area contributed by atoms with Crippen LogP contribution in [-0.4, -0.2) is 8.42 Å². The third kappa shape index (κ3) is 4.04. The van der Waals surface area contributed by atoms with Gasteiger partial charge in [0.2, 0.25) is 10.0 Å². The second-order valence-corrected chi connectivity index (χ2v) is 6.82. The highest BCUT2D eigenvalue weighted by molar-refractivity contribution is 9.10. The lowest BCUT2D eigenvalue weighted by molar-refractivity contribution is 0.598. The van der Waals surface area contributed by atoms with Gasteiger partial charge >= 0.3 is 0 Å². The Kier molecular flexibility index (Phi) is 4.63. The molecule has 2 aromatic rings. The third-order valence-corrected chi connectivity index (χ3v) is 4.28. The molecule has 0 bridgehead atoms. The summed E-state index contributed by atoms with van der Waals surface area (Å²) in [7, 11) is -3.81. The van der Waals surface area contributed by atoms with Gasteiger partial charge in [0.25, 0.3) is 0 Å². The Bertz CT molecular complexity index is 796. The van der Waals surface area contributed by atoms with Crippen LogP contribution in [0.2, 0.25) is 0 Å². The smallest absolute Gasteiger partial charge is 0.238 e. The second-order valence-electron chi connectivity index (χ2n) is 4.34. The maximum Gasteiger partial charge on any atom is 0.238 e. The molecule has 0 fully saturated rings. The molecule has 5 nitrogen and oxygen atoms in total. The Morgan fingerprint density at radius 3 is 2.43 bits per heavy atom. The first kappa shape index (κ1) is 15.5. The van der Waals surface area contributed by atoms with Gasteiger partial charge in [-0.25, -0.2) is 13.6 Å². The van der Waals surface area contributed by atoms with E-state index in [2.05, 4.69) is 21.2 Å². The van der Waals surface area contributed by atoms with Crippen LogP contribution >= 0.6 is 15.9 Å². The van der Waals surface area contributed by atoms with Crippen LogP contribution in [0.3, 0.4) is 0 Å². The summed E-state index contributed by atoms with van der Waals surface area (Å²) in [4.78, 5) is -0.0757. The van der Waals surface area contributed by atoms with Crippen molar-refractivity contribution in [2.45, 2.75) is 11.4 Å². The fourth-order valence-electron chi connectivity index (χ4n) is 1.75. The molecule has 7 heteroatoms. The molecule has 108 valence electrons. The molecule has 0 aromatic heterocycles. The average Bonchev–Trinajstić information content (AvgIpc) is 2.45. The minimum atomic E-state index is -3.81. The van der Waals surface area contributed by atoms with Crippen LogP contribution in [0.4, 0.5) is 5.69 Å². The lowest BCUT2D eigenvalue weighted by atomic mass is 10.1. The van der Waals surface area contributed by atoms with Crippen LogP contribution in [0.15, 0.2) is 51.8 Å². The number of sulfonamides is 1. The van der Waals surface area contributed by atoms with Crippen molar-refractivity contribution in [1.82, 2.24) is 0 Å². The molecule has 0 aliphatic heterocycles.